The van der Waals surface area contributed by atoms with E-state index < -0.39 is 29.7 Å². The summed E-state index contributed by atoms with van der Waals surface area (Å²) in [5.74, 6) is -6.32. The molecule has 0 aromatic heterocycles. The van der Waals surface area contributed by atoms with Gasteiger partial charge in [0.1, 0.15) is 0 Å². The number of amides is 1. The number of carbonyl (C=O) groups is 1. The molecule has 0 aromatic rings. The van der Waals surface area contributed by atoms with Gasteiger partial charge in [-0.05, 0) is 12.8 Å². The highest BCUT2D eigenvalue weighted by atomic mass is 32.1. The minimum atomic E-state index is -5.74. The van der Waals surface area contributed by atoms with Crippen LogP contribution in [0.1, 0.15) is 26.7 Å². The molecule has 10 heteroatoms. The van der Waals surface area contributed by atoms with Crippen LogP contribution in [0.5, 0.6) is 0 Å². The molecular formula is C10H14F6N2OS. The molecule has 0 spiro atoms. The predicted molar refractivity (Wildman–Crippen MR) is 63.8 cm³/mol. The average Bonchev–Trinajstić information content (AvgIpc) is 2.21. The van der Waals surface area contributed by atoms with Gasteiger partial charge in [0.05, 0.1) is 10.5 Å². The van der Waals surface area contributed by atoms with Crippen molar-refractivity contribution in [3.63, 3.8) is 0 Å². The summed E-state index contributed by atoms with van der Waals surface area (Å²) in [6.45, 7) is 2.89. The fourth-order valence-corrected chi connectivity index (χ4v) is 1.97. The Morgan fingerprint density at radius 3 is 1.65 bits per heavy atom. The second kappa shape index (κ2) is 6.15. The molecule has 3 N–H and O–H groups in total. The van der Waals surface area contributed by atoms with E-state index in [9.17, 15) is 31.1 Å². The first-order valence-corrected chi connectivity index (χ1v) is 5.98. The molecule has 0 aliphatic rings. The average molecular weight is 324 g/mol. The first-order valence-electron chi connectivity index (χ1n) is 5.57. The smallest absolute Gasteiger partial charge is 0.391 e. The quantitative estimate of drug-likeness (QED) is 0.604. The van der Waals surface area contributed by atoms with Gasteiger partial charge < -0.3 is 11.1 Å². The minimum Gasteiger partial charge on any atom is -0.391 e. The zero-order valence-electron chi connectivity index (χ0n) is 10.7. The van der Waals surface area contributed by atoms with Crippen LogP contribution in [0.2, 0.25) is 0 Å². The van der Waals surface area contributed by atoms with Crippen molar-refractivity contribution in [2.24, 2.45) is 11.7 Å². The molecule has 1 amide bonds. The van der Waals surface area contributed by atoms with Gasteiger partial charge in [-0.3, -0.25) is 4.79 Å². The molecule has 0 fully saturated rings. The highest BCUT2D eigenvalue weighted by Crippen LogP contribution is 2.39. The Morgan fingerprint density at radius 1 is 1.10 bits per heavy atom. The van der Waals surface area contributed by atoms with Crippen molar-refractivity contribution >= 4 is 23.1 Å². The van der Waals surface area contributed by atoms with E-state index in [4.69, 9.17) is 5.73 Å². The van der Waals surface area contributed by atoms with E-state index in [-0.39, 0.29) is 17.8 Å². The fraction of sp³-hybridized carbons (Fsp3) is 0.800. The topological polar surface area (TPSA) is 55.1 Å². The number of carbonyl (C=O) groups excluding carboxylic acids is 1. The van der Waals surface area contributed by atoms with E-state index in [0.717, 1.165) is 0 Å². The predicted octanol–water partition coefficient (Wildman–Crippen LogP) is 2.69. The molecule has 0 aliphatic carbocycles. The van der Waals surface area contributed by atoms with Gasteiger partial charge in [-0.15, -0.1) is 0 Å². The van der Waals surface area contributed by atoms with Crippen LogP contribution in [0.15, 0.2) is 0 Å². The van der Waals surface area contributed by atoms with Gasteiger partial charge in [0.2, 0.25) is 11.8 Å². The number of hydrogen-bond acceptors (Lipinski definition) is 2. The molecule has 0 rings (SSSR count). The summed E-state index contributed by atoms with van der Waals surface area (Å²) in [6, 6.07) is 0. The Kier molecular flexibility index (Phi) is 5.82. The molecule has 0 aliphatic heterocycles. The van der Waals surface area contributed by atoms with Crippen LogP contribution >= 0.6 is 12.2 Å². The molecular weight excluding hydrogens is 310 g/mol. The summed E-state index contributed by atoms with van der Waals surface area (Å²) in [4.78, 5) is 11.0. The van der Waals surface area contributed by atoms with Crippen LogP contribution < -0.4 is 11.1 Å². The van der Waals surface area contributed by atoms with Gasteiger partial charge in [-0.2, -0.15) is 26.3 Å². The number of nitrogens with one attached hydrogen (secondary N) is 1. The van der Waals surface area contributed by atoms with E-state index in [0.29, 0.717) is 0 Å². The molecule has 0 radical (unpaired) electrons. The van der Waals surface area contributed by atoms with Crippen LogP contribution in [-0.2, 0) is 4.79 Å². The van der Waals surface area contributed by atoms with Crippen LogP contribution in [0, 0.1) is 5.92 Å². The lowest BCUT2D eigenvalue weighted by atomic mass is 9.91. The standard InChI is InChI=1S/C10H14F6N2OS/c1-3-8(4-2,7(17)20)18-6(19)5(9(11,12)13)10(14,15)16/h5H,3-4H2,1-2H3,(H2,17,20)(H,18,19). The fourth-order valence-electron chi connectivity index (χ4n) is 1.63. The van der Waals surface area contributed by atoms with Crippen molar-refractivity contribution in [3.05, 3.63) is 0 Å². The van der Waals surface area contributed by atoms with Gasteiger partial charge in [-0.1, -0.05) is 26.1 Å². The molecule has 3 nitrogen and oxygen atoms in total. The van der Waals surface area contributed by atoms with E-state index in [2.05, 4.69) is 12.2 Å². The zero-order chi connectivity index (χ0) is 16.4. The Bertz CT molecular complexity index is 361. The van der Waals surface area contributed by atoms with Crippen molar-refractivity contribution in [1.29, 1.82) is 0 Å². The Hall–Kier alpha value is -1.06. The highest BCUT2D eigenvalue weighted by Gasteiger charge is 2.61. The number of rotatable bonds is 5. The summed E-state index contributed by atoms with van der Waals surface area (Å²) in [7, 11) is 0. The molecule has 0 saturated heterocycles. The van der Waals surface area contributed by atoms with Crippen LogP contribution in [0.25, 0.3) is 0 Å². The maximum Gasteiger partial charge on any atom is 0.409 e. The molecule has 0 bridgehead atoms. The summed E-state index contributed by atoms with van der Waals surface area (Å²) in [5.41, 5.74) is 3.75. The minimum absolute atomic E-state index is 0.0208. The van der Waals surface area contributed by atoms with Crippen LogP contribution in [-0.4, -0.2) is 28.8 Å². The van der Waals surface area contributed by atoms with Gasteiger partial charge in [0.25, 0.3) is 0 Å². The lowest BCUT2D eigenvalue weighted by Gasteiger charge is -2.34. The van der Waals surface area contributed by atoms with Crippen molar-refractivity contribution in [3.8, 4) is 0 Å². The molecule has 118 valence electrons. The Labute approximate surface area is 116 Å². The number of nitrogens with two attached hydrogens (primary N) is 1. The van der Waals surface area contributed by atoms with E-state index >= 15 is 0 Å². The second-order valence-electron chi connectivity index (χ2n) is 4.16. The summed E-state index contributed by atoms with van der Waals surface area (Å²) in [6.07, 6.45) is -11.5. The molecule has 20 heavy (non-hydrogen) atoms. The molecule has 0 unspecified atom stereocenters. The number of thiocarbonyl (C=S) groups is 1. The first-order chi connectivity index (χ1) is 8.81. The molecule has 0 heterocycles. The summed E-state index contributed by atoms with van der Waals surface area (Å²) < 4.78 is 74.4. The van der Waals surface area contributed by atoms with Gasteiger partial charge in [0, 0.05) is 0 Å². The monoisotopic (exact) mass is 324 g/mol. The number of alkyl halides is 6. The van der Waals surface area contributed by atoms with Crippen molar-refractivity contribution in [2.45, 2.75) is 44.6 Å². The highest BCUT2D eigenvalue weighted by molar-refractivity contribution is 7.80. The molecule has 0 aromatic carbocycles. The third-order valence-electron chi connectivity index (χ3n) is 2.96. The second-order valence-corrected chi connectivity index (χ2v) is 4.60. The Balaban J connectivity index is 5.46. The third-order valence-corrected chi connectivity index (χ3v) is 3.35. The largest absolute Gasteiger partial charge is 0.409 e. The van der Waals surface area contributed by atoms with Crippen molar-refractivity contribution in [2.75, 3.05) is 0 Å². The maximum absolute atomic E-state index is 12.4. The Morgan fingerprint density at radius 2 is 1.45 bits per heavy atom. The van der Waals surface area contributed by atoms with Gasteiger partial charge in [0.15, 0.2) is 0 Å². The van der Waals surface area contributed by atoms with E-state index in [1.54, 1.807) is 5.32 Å². The molecule has 0 saturated carbocycles. The lowest BCUT2D eigenvalue weighted by molar-refractivity contribution is -0.274. The number of halogens is 6. The van der Waals surface area contributed by atoms with Crippen molar-refractivity contribution in [1.82, 2.24) is 5.32 Å². The van der Waals surface area contributed by atoms with E-state index in [1.165, 1.54) is 13.8 Å². The van der Waals surface area contributed by atoms with Gasteiger partial charge >= 0.3 is 12.4 Å². The van der Waals surface area contributed by atoms with Crippen LogP contribution in [0.3, 0.4) is 0 Å². The summed E-state index contributed by atoms with van der Waals surface area (Å²) in [5, 5.41) is 1.70. The third kappa shape index (κ3) is 4.22. The molecule has 0 atom stereocenters. The summed E-state index contributed by atoms with van der Waals surface area (Å²) >= 11 is 4.62. The normalized spacial score (nSPS) is 13.4. The first kappa shape index (κ1) is 18.9. The zero-order valence-corrected chi connectivity index (χ0v) is 11.5. The maximum atomic E-state index is 12.4. The van der Waals surface area contributed by atoms with Crippen molar-refractivity contribution < 1.29 is 31.1 Å². The SMILES string of the molecule is CCC(CC)(NC(=O)C(C(F)(F)F)C(F)(F)F)C(N)=S. The van der Waals surface area contributed by atoms with Gasteiger partial charge in [-0.25, -0.2) is 0 Å². The number of hydrogen-bond donors (Lipinski definition) is 2. The van der Waals surface area contributed by atoms with Crippen LogP contribution in [0.4, 0.5) is 26.3 Å². The van der Waals surface area contributed by atoms with E-state index in [1.807, 2.05) is 0 Å². The lowest BCUT2D eigenvalue weighted by Crippen LogP contribution is -2.60.